The molecule has 6 heteroatoms. The van der Waals surface area contributed by atoms with Crippen LogP contribution in [0.15, 0.2) is 30.5 Å². The second-order valence-corrected chi connectivity index (χ2v) is 7.25. The minimum absolute atomic E-state index is 0. The maximum Gasteiger partial charge on any atom is 0.257 e. The fourth-order valence-electron chi connectivity index (χ4n) is 2.50. The molecule has 0 bridgehead atoms. The SMILES string of the molecule is CNCCN(C)C(=O)c1cn(-c2ccc(C)cc2)nc1C(C)(C)C.Cl. The Morgan fingerprint density at radius 2 is 1.84 bits per heavy atom. The highest BCUT2D eigenvalue weighted by Crippen LogP contribution is 2.26. The summed E-state index contributed by atoms with van der Waals surface area (Å²) in [5, 5.41) is 7.79. The van der Waals surface area contributed by atoms with E-state index in [4.69, 9.17) is 5.10 Å². The lowest BCUT2D eigenvalue weighted by molar-refractivity contribution is 0.0794. The van der Waals surface area contributed by atoms with Crippen LogP contribution in [0.2, 0.25) is 0 Å². The Balaban J connectivity index is 0.00000312. The molecule has 0 aliphatic rings. The molecular weight excluding hydrogens is 336 g/mol. The predicted octanol–water partition coefficient (Wildman–Crippen LogP) is 3.19. The third kappa shape index (κ3) is 5.06. The first kappa shape index (κ1) is 21.2. The predicted molar refractivity (Wildman–Crippen MR) is 105 cm³/mol. The summed E-state index contributed by atoms with van der Waals surface area (Å²) in [4.78, 5) is 14.6. The Kier molecular flexibility index (Phi) is 7.20. The third-order valence-electron chi connectivity index (χ3n) is 4.00. The van der Waals surface area contributed by atoms with Crippen LogP contribution in [-0.2, 0) is 5.41 Å². The van der Waals surface area contributed by atoms with Crippen molar-refractivity contribution in [2.24, 2.45) is 0 Å². The van der Waals surface area contributed by atoms with Crippen LogP contribution in [-0.4, -0.2) is 47.8 Å². The van der Waals surface area contributed by atoms with Crippen LogP contribution in [0, 0.1) is 6.92 Å². The molecule has 1 aromatic heterocycles. The fourth-order valence-corrected chi connectivity index (χ4v) is 2.50. The Morgan fingerprint density at radius 3 is 2.36 bits per heavy atom. The molecule has 138 valence electrons. The van der Waals surface area contributed by atoms with Gasteiger partial charge in [0, 0.05) is 31.7 Å². The smallest absolute Gasteiger partial charge is 0.257 e. The zero-order valence-corrected chi connectivity index (χ0v) is 16.8. The van der Waals surface area contributed by atoms with E-state index in [0.717, 1.165) is 17.9 Å². The largest absolute Gasteiger partial charge is 0.340 e. The maximum atomic E-state index is 12.9. The summed E-state index contributed by atoms with van der Waals surface area (Å²) in [5.41, 5.74) is 3.45. The van der Waals surface area contributed by atoms with Gasteiger partial charge in [-0.25, -0.2) is 4.68 Å². The molecule has 1 amide bonds. The lowest BCUT2D eigenvalue weighted by Gasteiger charge is -2.20. The number of rotatable bonds is 5. The van der Waals surface area contributed by atoms with E-state index < -0.39 is 0 Å². The molecule has 1 N–H and O–H groups in total. The zero-order valence-electron chi connectivity index (χ0n) is 16.0. The van der Waals surface area contributed by atoms with Gasteiger partial charge in [-0.3, -0.25) is 4.79 Å². The molecule has 2 aromatic rings. The van der Waals surface area contributed by atoms with Gasteiger partial charge in [-0.1, -0.05) is 38.5 Å². The Morgan fingerprint density at radius 1 is 1.24 bits per heavy atom. The third-order valence-corrected chi connectivity index (χ3v) is 4.00. The molecule has 1 aromatic carbocycles. The van der Waals surface area contributed by atoms with Gasteiger partial charge < -0.3 is 10.2 Å². The number of hydrogen-bond acceptors (Lipinski definition) is 3. The molecule has 0 radical (unpaired) electrons. The van der Waals surface area contributed by atoms with Crippen LogP contribution >= 0.6 is 12.4 Å². The summed E-state index contributed by atoms with van der Waals surface area (Å²) in [7, 11) is 3.71. The second-order valence-electron chi connectivity index (χ2n) is 7.25. The Hall–Kier alpha value is -1.85. The number of nitrogens with one attached hydrogen (secondary N) is 1. The summed E-state index contributed by atoms with van der Waals surface area (Å²) >= 11 is 0. The van der Waals surface area contributed by atoms with Crippen molar-refractivity contribution in [1.29, 1.82) is 0 Å². The van der Waals surface area contributed by atoms with Gasteiger partial charge in [0.1, 0.15) is 0 Å². The van der Waals surface area contributed by atoms with Crippen molar-refractivity contribution in [3.63, 3.8) is 0 Å². The standard InChI is InChI=1S/C19H28N4O.ClH/c1-14-7-9-15(10-8-14)23-13-16(17(21-23)19(2,3)4)18(24)22(6)12-11-20-5;/h7-10,13,20H,11-12H2,1-6H3;1H. The van der Waals surface area contributed by atoms with Gasteiger partial charge in [0.15, 0.2) is 0 Å². The van der Waals surface area contributed by atoms with Gasteiger partial charge in [-0.2, -0.15) is 5.10 Å². The minimum atomic E-state index is -0.204. The van der Waals surface area contributed by atoms with E-state index in [1.807, 2.05) is 44.6 Å². The topological polar surface area (TPSA) is 50.2 Å². The molecule has 0 aliphatic heterocycles. The first-order chi connectivity index (χ1) is 11.2. The first-order valence-corrected chi connectivity index (χ1v) is 8.31. The Labute approximate surface area is 156 Å². The van der Waals surface area contributed by atoms with Crippen molar-refractivity contribution in [2.45, 2.75) is 33.1 Å². The maximum absolute atomic E-state index is 12.9. The molecule has 0 saturated carbocycles. The molecule has 25 heavy (non-hydrogen) atoms. The van der Waals surface area contributed by atoms with Crippen molar-refractivity contribution < 1.29 is 4.79 Å². The van der Waals surface area contributed by atoms with Gasteiger partial charge in [0.25, 0.3) is 5.91 Å². The van der Waals surface area contributed by atoms with Gasteiger partial charge >= 0.3 is 0 Å². The molecule has 0 fully saturated rings. The van der Waals surface area contributed by atoms with Crippen LogP contribution in [0.5, 0.6) is 0 Å². The number of carbonyl (C=O) groups excluding carboxylic acids is 1. The highest BCUT2D eigenvalue weighted by Gasteiger charge is 2.28. The number of hydrogen-bond donors (Lipinski definition) is 1. The van der Waals surface area contributed by atoms with Gasteiger partial charge in [0.05, 0.1) is 16.9 Å². The zero-order chi connectivity index (χ0) is 17.9. The monoisotopic (exact) mass is 364 g/mol. The minimum Gasteiger partial charge on any atom is -0.340 e. The summed E-state index contributed by atoms with van der Waals surface area (Å²) in [6, 6.07) is 8.14. The number of amides is 1. The number of aryl methyl sites for hydroxylation is 1. The highest BCUT2D eigenvalue weighted by molar-refractivity contribution is 5.95. The van der Waals surface area contributed by atoms with E-state index in [2.05, 4.69) is 33.0 Å². The van der Waals surface area contributed by atoms with Gasteiger partial charge in [-0.15, -0.1) is 12.4 Å². The quantitative estimate of drug-likeness (QED) is 0.886. The molecule has 0 atom stereocenters. The number of carbonyl (C=O) groups is 1. The van der Waals surface area contributed by atoms with E-state index in [1.165, 1.54) is 5.56 Å². The number of nitrogens with zero attached hydrogens (tertiary/aromatic N) is 3. The van der Waals surface area contributed by atoms with Crippen molar-refractivity contribution in [1.82, 2.24) is 20.0 Å². The van der Waals surface area contributed by atoms with Crippen molar-refractivity contribution in [3.8, 4) is 5.69 Å². The molecule has 1 heterocycles. The van der Waals surface area contributed by atoms with E-state index in [9.17, 15) is 4.79 Å². The van der Waals surface area contributed by atoms with Gasteiger partial charge in [0.2, 0.25) is 0 Å². The van der Waals surface area contributed by atoms with Crippen molar-refractivity contribution in [3.05, 3.63) is 47.3 Å². The molecule has 0 saturated heterocycles. The van der Waals surface area contributed by atoms with Crippen molar-refractivity contribution in [2.75, 3.05) is 27.2 Å². The summed E-state index contributed by atoms with van der Waals surface area (Å²) in [6.45, 7) is 9.73. The summed E-state index contributed by atoms with van der Waals surface area (Å²) in [5.74, 6) is 0.00790. The number of halogens is 1. The number of likely N-dealkylation sites (N-methyl/N-ethyl adjacent to an activating group) is 2. The number of aromatic nitrogens is 2. The molecule has 0 unspecified atom stereocenters. The van der Waals surface area contributed by atoms with Crippen molar-refractivity contribution >= 4 is 18.3 Å². The average molecular weight is 365 g/mol. The first-order valence-electron chi connectivity index (χ1n) is 8.31. The van der Waals surface area contributed by atoms with Crippen LogP contribution in [0.4, 0.5) is 0 Å². The Bertz CT molecular complexity index is 701. The van der Waals surface area contributed by atoms with E-state index >= 15 is 0 Å². The van der Waals surface area contributed by atoms with Crippen LogP contribution in [0.1, 0.15) is 42.4 Å². The molecule has 0 spiro atoms. The van der Waals surface area contributed by atoms with Crippen LogP contribution in [0.25, 0.3) is 5.69 Å². The lowest BCUT2D eigenvalue weighted by Crippen LogP contribution is -2.34. The fraction of sp³-hybridized carbons (Fsp3) is 0.474. The number of benzene rings is 1. The molecule has 2 rings (SSSR count). The summed E-state index contributed by atoms with van der Waals surface area (Å²) in [6.07, 6.45) is 1.85. The average Bonchev–Trinajstić information content (AvgIpc) is 2.98. The lowest BCUT2D eigenvalue weighted by atomic mass is 9.89. The van der Waals surface area contributed by atoms with Crippen LogP contribution in [0.3, 0.4) is 0 Å². The van der Waals surface area contributed by atoms with E-state index in [0.29, 0.717) is 12.1 Å². The van der Waals surface area contributed by atoms with Crippen LogP contribution < -0.4 is 5.32 Å². The van der Waals surface area contributed by atoms with Gasteiger partial charge in [-0.05, 0) is 26.1 Å². The van der Waals surface area contributed by atoms with E-state index in [1.54, 1.807) is 9.58 Å². The normalized spacial score (nSPS) is 11.1. The second kappa shape index (κ2) is 8.50. The molecule has 0 aliphatic carbocycles. The highest BCUT2D eigenvalue weighted by atomic mass is 35.5. The molecule has 5 nitrogen and oxygen atoms in total. The summed E-state index contributed by atoms with van der Waals surface area (Å²) < 4.78 is 1.80. The molecular formula is C19H29ClN4O. The van der Waals surface area contributed by atoms with E-state index in [-0.39, 0.29) is 23.7 Å².